The summed E-state index contributed by atoms with van der Waals surface area (Å²) in [6, 6.07) is 2.22. The van der Waals surface area contributed by atoms with Crippen molar-refractivity contribution in [3.05, 3.63) is 23.5 Å². The fourth-order valence-corrected chi connectivity index (χ4v) is 5.30. The van der Waals surface area contributed by atoms with Crippen molar-refractivity contribution >= 4 is 27.5 Å². The number of nitrogens with two attached hydrogens (primary N) is 1. The van der Waals surface area contributed by atoms with E-state index in [0.717, 1.165) is 31.1 Å². The van der Waals surface area contributed by atoms with Gasteiger partial charge in [-0.05, 0) is 43.2 Å². The summed E-state index contributed by atoms with van der Waals surface area (Å²) in [5, 5.41) is 0.260. The van der Waals surface area contributed by atoms with Gasteiger partial charge in [-0.1, -0.05) is 13.3 Å². The molecule has 0 bridgehead atoms. The molecule has 7 heteroatoms. The van der Waals surface area contributed by atoms with Gasteiger partial charge in [-0.15, -0.1) is 0 Å². The lowest BCUT2D eigenvalue weighted by molar-refractivity contribution is 0.539. The zero-order valence-electron chi connectivity index (χ0n) is 12.2. The lowest BCUT2D eigenvalue weighted by Crippen LogP contribution is -2.39. The molecule has 3 N–H and O–H groups in total. The molecular formula is C14H21FN2O2S2. The van der Waals surface area contributed by atoms with Crippen LogP contribution in [0.2, 0.25) is 0 Å². The summed E-state index contributed by atoms with van der Waals surface area (Å²) in [5.74, 6) is 0.182. The predicted molar refractivity (Wildman–Crippen MR) is 85.4 cm³/mol. The molecule has 2 unspecified atom stereocenters. The number of hydrogen-bond acceptors (Lipinski definition) is 4. The molecule has 0 aromatic heterocycles. The zero-order chi connectivity index (χ0) is 15.6. The van der Waals surface area contributed by atoms with Crippen molar-refractivity contribution in [1.82, 2.24) is 4.72 Å². The lowest BCUT2D eigenvalue weighted by atomic mass is 10.2. The van der Waals surface area contributed by atoms with Crippen LogP contribution >= 0.6 is 11.8 Å². The number of benzene rings is 1. The molecule has 4 nitrogen and oxygen atoms in total. The van der Waals surface area contributed by atoms with Crippen molar-refractivity contribution in [3.63, 3.8) is 0 Å². The molecule has 0 spiro atoms. The average Bonchev–Trinajstić information content (AvgIpc) is 2.81. The fraction of sp³-hybridized carbons (Fsp3) is 0.571. The SMILES string of the molecule is CCSC1CCCC1NS(=O)(=O)c1cc(N)c(C)cc1F. The Bertz CT molecular complexity index is 620. The van der Waals surface area contributed by atoms with E-state index >= 15 is 0 Å². The van der Waals surface area contributed by atoms with Crippen LogP contribution in [0.4, 0.5) is 10.1 Å². The Labute approximate surface area is 129 Å². The summed E-state index contributed by atoms with van der Waals surface area (Å²) in [4.78, 5) is -0.363. The van der Waals surface area contributed by atoms with Crippen molar-refractivity contribution in [2.45, 2.75) is 49.3 Å². The number of hydrogen-bond donors (Lipinski definition) is 2. The first-order valence-electron chi connectivity index (χ1n) is 7.04. The van der Waals surface area contributed by atoms with Crippen LogP contribution in [0.5, 0.6) is 0 Å². The minimum Gasteiger partial charge on any atom is -0.398 e. The zero-order valence-corrected chi connectivity index (χ0v) is 13.9. The van der Waals surface area contributed by atoms with Crippen LogP contribution in [0.15, 0.2) is 17.0 Å². The van der Waals surface area contributed by atoms with Crippen LogP contribution in [0.25, 0.3) is 0 Å². The Morgan fingerprint density at radius 1 is 1.43 bits per heavy atom. The standard InChI is InChI=1S/C14H21FN2O2S2/c1-3-20-13-6-4-5-12(13)17-21(18,19)14-8-11(16)9(2)7-10(14)15/h7-8,12-13,17H,3-6,16H2,1-2H3. The van der Waals surface area contributed by atoms with Gasteiger partial charge in [0.1, 0.15) is 10.7 Å². The highest BCUT2D eigenvalue weighted by molar-refractivity contribution is 8.00. The predicted octanol–water partition coefficient (Wildman–Crippen LogP) is 2.67. The Morgan fingerprint density at radius 2 is 2.14 bits per heavy atom. The molecule has 0 amide bonds. The van der Waals surface area contributed by atoms with Gasteiger partial charge in [-0.25, -0.2) is 17.5 Å². The van der Waals surface area contributed by atoms with E-state index in [0.29, 0.717) is 5.56 Å². The van der Waals surface area contributed by atoms with Crippen LogP contribution in [-0.2, 0) is 10.0 Å². The minimum absolute atomic E-state index is 0.137. The van der Waals surface area contributed by atoms with E-state index in [-0.39, 0.29) is 21.9 Å². The van der Waals surface area contributed by atoms with Crippen LogP contribution in [0.3, 0.4) is 0 Å². The summed E-state index contributed by atoms with van der Waals surface area (Å²) >= 11 is 1.75. The lowest BCUT2D eigenvalue weighted by Gasteiger charge is -2.20. The monoisotopic (exact) mass is 332 g/mol. The second-order valence-corrected chi connectivity index (χ2v) is 8.49. The van der Waals surface area contributed by atoms with Crippen LogP contribution < -0.4 is 10.5 Å². The average molecular weight is 332 g/mol. The summed E-state index contributed by atoms with van der Waals surface area (Å²) in [7, 11) is -3.88. The molecular weight excluding hydrogens is 311 g/mol. The van der Waals surface area contributed by atoms with E-state index < -0.39 is 15.8 Å². The number of sulfonamides is 1. The smallest absolute Gasteiger partial charge is 0.243 e. The minimum atomic E-state index is -3.88. The second kappa shape index (κ2) is 6.54. The normalized spacial score (nSPS) is 22.6. The molecule has 1 aromatic rings. The third kappa shape index (κ3) is 3.70. The maximum Gasteiger partial charge on any atom is 0.243 e. The first kappa shape index (κ1) is 16.6. The van der Waals surface area contributed by atoms with Crippen molar-refractivity contribution in [2.75, 3.05) is 11.5 Å². The Hall–Kier alpha value is -0.790. The van der Waals surface area contributed by atoms with E-state index in [1.165, 1.54) is 6.07 Å². The Kier molecular flexibility index (Phi) is 5.16. The van der Waals surface area contributed by atoms with E-state index in [1.54, 1.807) is 18.7 Å². The van der Waals surface area contributed by atoms with Crippen molar-refractivity contribution < 1.29 is 12.8 Å². The van der Waals surface area contributed by atoms with Gasteiger partial charge in [-0.3, -0.25) is 0 Å². The van der Waals surface area contributed by atoms with Gasteiger partial charge in [0, 0.05) is 17.0 Å². The van der Waals surface area contributed by atoms with Crippen LogP contribution in [-0.4, -0.2) is 25.5 Å². The Balaban J connectivity index is 2.24. The summed E-state index contributed by atoms with van der Waals surface area (Å²) in [5.41, 5.74) is 6.52. The van der Waals surface area contributed by atoms with Gasteiger partial charge < -0.3 is 5.73 Å². The number of nitrogens with one attached hydrogen (secondary N) is 1. The van der Waals surface area contributed by atoms with E-state index in [4.69, 9.17) is 5.73 Å². The number of aryl methyl sites for hydroxylation is 1. The highest BCUT2D eigenvalue weighted by Gasteiger charge is 2.32. The molecule has 1 saturated carbocycles. The number of thioether (sulfide) groups is 1. The first-order valence-corrected chi connectivity index (χ1v) is 9.58. The third-order valence-corrected chi connectivity index (χ3v) is 6.58. The molecule has 2 rings (SSSR count). The number of anilines is 1. The third-order valence-electron chi connectivity index (χ3n) is 3.75. The maximum absolute atomic E-state index is 14.0. The van der Waals surface area contributed by atoms with Gasteiger partial charge in [-0.2, -0.15) is 11.8 Å². The van der Waals surface area contributed by atoms with Crippen molar-refractivity contribution in [1.29, 1.82) is 0 Å². The van der Waals surface area contributed by atoms with Gasteiger partial charge in [0.05, 0.1) is 0 Å². The molecule has 0 heterocycles. The molecule has 0 saturated heterocycles. The van der Waals surface area contributed by atoms with Crippen LogP contribution in [0, 0.1) is 12.7 Å². The molecule has 21 heavy (non-hydrogen) atoms. The molecule has 1 aromatic carbocycles. The van der Waals surface area contributed by atoms with Crippen molar-refractivity contribution in [3.8, 4) is 0 Å². The summed E-state index contributed by atoms with van der Waals surface area (Å²) in [6.07, 6.45) is 2.77. The number of rotatable bonds is 5. The molecule has 1 aliphatic rings. The molecule has 2 atom stereocenters. The van der Waals surface area contributed by atoms with Gasteiger partial charge >= 0.3 is 0 Å². The van der Waals surface area contributed by atoms with Gasteiger partial charge in [0.15, 0.2) is 0 Å². The van der Waals surface area contributed by atoms with E-state index in [2.05, 4.69) is 11.6 Å². The first-order chi connectivity index (χ1) is 9.85. The molecule has 0 radical (unpaired) electrons. The summed E-state index contributed by atoms with van der Waals surface area (Å²) < 4.78 is 41.4. The molecule has 1 fully saturated rings. The topological polar surface area (TPSA) is 72.2 Å². The number of nitrogen functional groups attached to an aromatic ring is 1. The van der Waals surface area contributed by atoms with Gasteiger partial charge in [0.2, 0.25) is 10.0 Å². The second-order valence-electron chi connectivity index (χ2n) is 5.29. The fourth-order valence-electron chi connectivity index (χ4n) is 2.61. The molecule has 1 aliphatic carbocycles. The van der Waals surface area contributed by atoms with Gasteiger partial charge in [0.25, 0.3) is 0 Å². The Morgan fingerprint density at radius 3 is 2.81 bits per heavy atom. The molecule has 118 valence electrons. The highest BCUT2D eigenvalue weighted by Crippen LogP contribution is 2.31. The van der Waals surface area contributed by atoms with Crippen LogP contribution in [0.1, 0.15) is 31.7 Å². The largest absolute Gasteiger partial charge is 0.398 e. The summed E-state index contributed by atoms with van der Waals surface area (Å²) in [6.45, 7) is 3.70. The van der Waals surface area contributed by atoms with Crippen molar-refractivity contribution in [2.24, 2.45) is 0 Å². The maximum atomic E-state index is 14.0. The highest BCUT2D eigenvalue weighted by atomic mass is 32.2. The van der Waals surface area contributed by atoms with E-state index in [9.17, 15) is 12.8 Å². The quantitative estimate of drug-likeness (QED) is 0.813. The van der Waals surface area contributed by atoms with E-state index in [1.807, 2.05) is 0 Å². The number of halogens is 1. The molecule has 0 aliphatic heterocycles.